The van der Waals surface area contributed by atoms with Gasteiger partial charge in [-0.05, 0) is 6.07 Å². The molecule has 0 bridgehead atoms. The fourth-order valence-electron chi connectivity index (χ4n) is 1.33. The average Bonchev–Trinajstić information content (AvgIpc) is 2.25. The fourth-order valence-corrected chi connectivity index (χ4v) is 1.52. The number of hydrogen-bond acceptors (Lipinski definition) is 2. The van der Waals surface area contributed by atoms with Gasteiger partial charge in [0, 0.05) is 23.2 Å². The molecule has 74 valence electrons. The van der Waals surface area contributed by atoms with Crippen LogP contribution in [-0.4, -0.2) is 4.98 Å². The Morgan fingerprint density at radius 1 is 1.33 bits per heavy atom. The molecule has 0 unspecified atom stereocenters. The highest BCUT2D eigenvalue weighted by atomic mass is 35.5. The van der Waals surface area contributed by atoms with Gasteiger partial charge < -0.3 is 0 Å². The van der Waals surface area contributed by atoms with Crippen molar-refractivity contribution in [2.45, 2.75) is 0 Å². The molecule has 0 aliphatic rings. The Kier molecular flexibility index (Phi) is 2.25. The molecule has 0 saturated carbocycles. The first-order chi connectivity index (χ1) is 7.15. The zero-order valence-corrected chi connectivity index (χ0v) is 8.02. The van der Waals surface area contributed by atoms with Crippen molar-refractivity contribution < 1.29 is 8.78 Å². The Morgan fingerprint density at radius 3 is 2.73 bits per heavy atom. The minimum absolute atomic E-state index is 0.0357. The van der Waals surface area contributed by atoms with Crippen LogP contribution in [0.15, 0.2) is 18.5 Å². The summed E-state index contributed by atoms with van der Waals surface area (Å²) in [6, 6.07) is 2.60. The van der Waals surface area contributed by atoms with E-state index in [2.05, 4.69) is 4.98 Å². The lowest BCUT2D eigenvalue weighted by molar-refractivity contribution is 0.617. The van der Waals surface area contributed by atoms with Crippen molar-refractivity contribution in [1.29, 1.82) is 5.26 Å². The second kappa shape index (κ2) is 3.44. The van der Waals surface area contributed by atoms with Crippen LogP contribution in [-0.2, 0) is 0 Å². The van der Waals surface area contributed by atoms with Gasteiger partial charge in [0.25, 0.3) is 0 Å². The SMILES string of the molecule is N#Cc1cncc2c(F)cc(Cl)c(F)c12. The molecule has 5 heteroatoms. The van der Waals surface area contributed by atoms with Crippen LogP contribution in [0.3, 0.4) is 0 Å². The molecule has 0 aliphatic heterocycles. The molecule has 0 saturated heterocycles. The van der Waals surface area contributed by atoms with Crippen LogP contribution in [0, 0.1) is 23.0 Å². The standard InChI is InChI=1S/C10H3ClF2N2/c11-7-1-8(12)6-4-15-3-5(2-14)9(6)10(7)13/h1,3-4H. The highest BCUT2D eigenvalue weighted by Gasteiger charge is 2.14. The molecule has 1 heterocycles. The number of aromatic nitrogens is 1. The summed E-state index contributed by atoms with van der Waals surface area (Å²) in [5, 5.41) is 8.20. The van der Waals surface area contributed by atoms with Gasteiger partial charge in [-0.1, -0.05) is 11.6 Å². The number of rotatable bonds is 0. The van der Waals surface area contributed by atoms with Crippen molar-refractivity contribution >= 4 is 22.4 Å². The van der Waals surface area contributed by atoms with E-state index in [0.717, 1.165) is 12.3 Å². The Hall–Kier alpha value is -1.73. The van der Waals surface area contributed by atoms with E-state index in [1.807, 2.05) is 0 Å². The van der Waals surface area contributed by atoms with E-state index in [9.17, 15) is 8.78 Å². The summed E-state index contributed by atoms with van der Waals surface area (Å²) >= 11 is 5.48. The second-order valence-electron chi connectivity index (χ2n) is 2.88. The molecule has 0 amide bonds. The monoisotopic (exact) mass is 224 g/mol. The van der Waals surface area contributed by atoms with Crippen molar-refractivity contribution in [1.82, 2.24) is 4.98 Å². The van der Waals surface area contributed by atoms with Crippen molar-refractivity contribution in [3.05, 3.63) is 40.7 Å². The van der Waals surface area contributed by atoms with Crippen LogP contribution in [0.4, 0.5) is 8.78 Å². The summed E-state index contributed by atoms with van der Waals surface area (Å²) in [6.07, 6.45) is 2.33. The Balaban J connectivity index is 3.05. The summed E-state index contributed by atoms with van der Waals surface area (Å²) in [5.74, 6) is -1.49. The van der Waals surface area contributed by atoms with Gasteiger partial charge in [-0.3, -0.25) is 4.98 Å². The summed E-state index contributed by atoms with van der Waals surface area (Å²) < 4.78 is 26.9. The number of hydrogen-bond donors (Lipinski definition) is 0. The van der Waals surface area contributed by atoms with Crippen molar-refractivity contribution in [2.75, 3.05) is 0 Å². The molecular formula is C10H3ClF2N2. The maximum atomic E-state index is 13.5. The second-order valence-corrected chi connectivity index (χ2v) is 3.28. The number of nitrogens with zero attached hydrogens (tertiary/aromatic N) is 2. The topological polar surface area (TPSA) is 36.7 Å². The lowest BCUT2D eigenvalue weighted by Gasteiger charge is -2.03. The summed E-state index contributed by atoms with van der Waals surface area (Å²) in [6.45, 7) is 0. The van der Waals surface area contributed by atoms with Crippen molar-refractivity contribution in [3.8, 4) is 6.07 Å². The van der Waals surface area contributed by atoms with E-state index in [1.165, 1.54) is 6.20 Å². The van der Waals surface area contributed by atoms with Crippen molar-refractivity contribution in [3.63, 3.8) is 0 Å². The zero-order valence-electron chi connectivity index (χ0n) is 7.26. The van der Waals surface area contributed by atoms with Gasteiger partial charge in [-0.15, -0.1) is 0 Å². The predicted molar refractivity (Wildman–Crippen MR) is 51.4 cm³/mol. The Morgan fingerprint density at radius 2 is 2.07 bits per heavy atom. The van der Waals surface area contributed by atoms with Gasteiger partial charge >= 0.3 is 0 Å². The molecule has 15 heavy (non-hydrogen) atoms. The molecule has 2 aromatic rings. The fraction of sp³-hybridized carbons (Fsp3) is 0. The molecule has 2 rings (SSSR count). The van der Waals surface area contributed by atoms with E-state index in [1.54, 1.807) is 6.07 Å². The molecule has 2 nitrogen and oxygen atoms in total. The maximum Gasteiger partial charge on any atom is 0.151 e. The third-order valence-corrected chi connectivity index (χ3v) is 2.28. The number of benzene rings is 1. The largest absolute Gasteiger partial charge is 0.263 e. The molecule has 1 aromatic heterocycles. The minimum Gasteiger partial charge on any atom is -0.263 e. The minimum atomic E-state index is -0.799. The average molecular weight is 225 g/mol. The molecule has 0 fully saturated rings. The molecular weight excluding hydrogens is 222 g/mol. The first-order valence-corrected chi connectivity index (χ1v) is 4.34. The summed E-state index contributed by atoms with van der Waals surface area (Å²) in [5.41, 5.74) is -0.0357. The molecule has 0 radical (unpaired) electrons. The van der Waals surface area contributed by atoms with E-state index in [0.29, 0.717) is 0 Å². The predicted octanol–water partition coefficient (Wildman–Crippen LogP) is 3.04. The van der Waals surface area contributed by atoms with E-state index < -0.39 is 11.6 Å². The molecule has 0 aliphatic carbocycles. The highest BCUT2D eigenvalue weighted by molar-refractivity contribution is 6.31. The van der Waals surface area contributed by atoms with Gasteiger partial charge in [0.2, 0.25) is 0 Å². The van der Waals surface area contributed by atoms with Gasteiger partial charge in [0.15, 0.2) is 5.82 Å². The van der Waals surface area contributed by atoms with Gasteiger partial charge in [-0.25, -0.2) is 8.78 Å². The summed E-state index contributed by atoms with van der Waals surface area (Å²) in [4.78, 5) is 3.64. The third-order valence-electron chi connectivity index (χ3n) is 2.01. The number of halogens is 3. The van der Waals surface area contributed by atoms with Crippen LogP contribution in [0.5, 0.6) is 0 Å². The molecule has 0 N–H and O–H groups in total. The number of fused-ring (bicyclic) bond motifs is 1. The van der Waals surface area contributed by atoms with Gasteiger partial charge in [0.05, 0.1) is 10.6 Å². The van der Waals surface area contributed by atoms with E-state index in [4.69, 9.17) is 16.9 Å². The molecule has 1 aromatic carbocycles. The van der Waals surface area contributed by atoms with Crippen LogP contribution in [0.2, 0.25) is 5.02 Å². The number of nitriles is 1. The Bertz CT molecular complexity index is 590. The molecule has 0 atom stereocenters. The Labute approximate surface area is 88.7 Å². The smallest absolute Gasteiger partial charge is 0.151 e. The lowest BCUT2D eigenvalue weighted by atomic mass is 10.1. The van der Waals surface area contributed by atoms with Gasteiger partial charge in [-0.2, -0.15) is 5.26 Å². The lowest BCUT2D eigenvalue weighted by Crippen LogP contribution is -1.91. The highest BCUT2D eigenvalue weighted by Crippen LogP contribution is 2.28. The maximum absolute atomic E-state index is 13.5. The first kappa shape index (κ1) is 9.81. The van der Waals surface area contributed by atoms with E-state index >= 15 is 0 Å². The van der Waals surface area contributed by atoms with E-state index in [-0.39, 0.29) is 21.4 Å². The van der Waals surface area contributed by atoms with Crippen LogP contribution in [0.25, 0.3) is 10.8 Å². The van der Waals surface area contributed by atoms with Crippen molar-refractivity contribution in [2.24, 2.45) is 0 Å². The van der Waals surface area contributed by atoms with Crippen LogP contribution < -0.4 is 0 Å². The quantitative estimate of drug-likeness (QED) is 0.645. The number of pyridine rings is 1. The first-order valence-electron chi connectivity index (χ1n) is 3.96. The van der Waals surface area contributed by atoms with Gasteiger partial charge in [0.1, 0.15) is 11.9 Å². The normalized spacial score (nSPS) is 10.3. The zero-order chi connectivity index (χ0) is 11.0. The van der Waals surface area contributed by atoms with Crippen LogP contribution >= 0.6 is 11.6 Å². The van der Waals surface area contributed by atoms with Crippen LogP contribution in [0.1, 0.15) is 5.56 Å². The third kappa shape index (κ3) is 1.41. The molecule has 0 spiro atoms. The summed E-state index contributed by atoms with van der Waals surface area (Å²) in [7, 11) is 0.